The molecule has 2 rings (SSSR count). The van der Waals surface area contributed by atoms with Crippen LogP contribution in [0.1, 0.15) is 42.8 Å². The highest BCUT2D eigenvalue weighted by molar-refractivity contribution is 6.31. The number of halogens is 4. The van der Waals surface area contributed by atoms with E-state index in [1.807, 2.05) is 13.8 Å². The molecule has 0 amide bonds. The Bertz CT molecular complexity index is 635. The summed E-state index contributed by atoms with van der Waals surface area (Å²) in [6.07, 6.45) is -2.96. The van der Waals surface area contributed by atoms with Gasteiger partial charge in [0.05, 0.1) is 28.5 Å². The third kappa shape index (κ3) is 3.22. The lowest BCUT2D eigenvalue weighted by Crippen LogP contribution is -2.19. The van der Waals surface area contributed by atoms with Crippen molar-refractivity contribution in [3.8, 4) is 0 Å². The lowest BCUT2D eigenvalue weighted by Gasteiger charge is -2.18. The topological polar surface area (TPSA) is 43.8 Å². The summed E-state index contributed by atoms with van der Waals surface area (Å²) in [4.78, 5) is 0. The van der Waals surface area contributed by atoms with Crippen molar-refractivity contribution in [3.05, 3.63) is 52.3 Å². The molecule has 1 heterocycles. The standard InChI is InChI=1S/C14H15ClF3N3/c1-8(2)21-13(11(15)7-20-21)12(19)9-4-3-5-10(6-9)14(16,17)18/h3-8,12H,19H2,1-2H3. The second-order valence-electron chi connectivity index (χ2n) is 5.02. The van der Waals surface area contributed by atoms with E-state index in [1.165, 1.54) is 12.3 Å². The predicted molar refractivity (Wildman–Crippen MR) is 75.1 cm³/mol. The number of nitrogens with two attached hydrogens (primary N) is 1. The minimum Gasteiger partial charge on any atom is -0.319 e. The number of nitrogens with zero attached hydrogens (tertiary/aromatic N) is 2. The first kappa shape index (κ1) is 15.9. The molecule has 2 N–H and O–H groups in total. The summed E-state index contributed by atoms with van der Waals surface area (Å²) < 4.78 is 39.9. The third-order valence-corrected chi connectivity index (χ3v) is 3.44. The van der Waals surface area contributed by atoms with E-state index in [0.717, 1.165) is 12.1 Å². The van der Waals surface area contributed by atoms with Gasteiger partial charge in [-0.3, -0.25) is 4.68 Å². The Labute approximate surface area is 125 Å². The fraction of sp³-hybridized carbons (Fsp3) is 0.357. The van der Waals surface area contributed by atoms with Gasteiger partial charge in [-0.15, -0.1) is 0 Å². The van der Waals surface area contributed by atoms with Gasteiger partial charge < -0.3 is 5.73 Å². The van der Waals surface area contributed by atoms with Crippen molar-refractivity contribution >= 4 is 11.6 Å². The fourth-order valence-corrected chi connectivity index (χ4v) is 2.37. The molecule has 0 aliphatic heterocycles. The van der Waals surface area contributed by atoms with E-state index < -0.39 is 17.8 Å². The molecule has 1 atom stereocenters. The van der Waals surface area contributed by atoms with Gasteiger partial charge in [0.15, 0.2) is 0 Å². The molecule has 1 unspecified atom stereocenters. The van der Waals surface area contributed by atoms with E-state index in [9.17, 15) is 13.2 Å². The van der Waals surface area contributed by atoms with Crippen molar-refractivity contribution in [2.24, 2.45) is 5.73 Å². The monoisotopic (exact) mass is 317 g/mol. The van der Waals surface area contributed by atoms with E-state index in [1.54, 1.807) is 10.7 Å². The second kappa shape index (κ2) is 5.69. The molecular weight excluding hydrogens is 303 g/mol. The Morgan fingerprint density at radius 2 is 1.95 bits per heavy atom. The summed E-state index contributed by atoms with van der Waals surface area (Å²) in [5, 5.41) is 4.46. The Hall–Kier alpha value is -1.53. The van der Waals surface area contributed by atoms with Gasteiger partial charge in [-0.2, -0.15) is 18.3 Å². The highest BCUT2D eigenvalue weighted by Crippen LogP contribution is 2.33. The number of hydrogen-bond donors (Lipinski definition) is 1. The van der Waals surface area contributed by atoms with Crippen molar-refractivity contribution in [2.45, 2.75) is 32.1 Å². The number of alkyl halides is 3. The zero-order chi connectivity index (χ0) is 15.8. The van der Waals surface area contributed by atoms with Crippen LogP contribution in [0.15, 0.2) is 30.5 Å². The van der Waals surface area contributed by atoms with Crippen LogP contribution < -0.4 is 5.73 Å². The molecule has 2 aromatic rings. The van der Waals surface area contributed by atoms with E-state index in [0.29, 0.717) is 16.3 Å². The highest BCUT2D eigenvalue weighted by Gasteiger charge is 2.31. The van der Waals surface area contributed by atoms with Crippen LogP contribution in [-0.4, -0.2) is 9.78 Å². The van der Waals surface area contributed by atoms with Gasteiger partial charge in [0.1, 0.15) is 0 Å². The predicted octanol–water partition coefficient (Wildman–Crippen LogP) is 4.18. The average Bonchev–Trinajstić information content (AvgIpc) is 2.79. The molecule has 0 saturated carbocycles. The van der Waals surface area contributed by atoms with Crippen LogP contribution >= 0.6 is 11.6 Å². The molecule has 0 aliphatic rings. The van der Waals surface area contributed by atoms with Gasteiger partial charge >= 0.3 is 6.18 Å². The molecule has 0 radical (unpaired) electrons. The Kier molecular flexibility index (Phi) is 4.30. The van der Waals surface area contributed by atoms with E-state index >= 15 is 0 Å². The zero-order valence-electron chi connectivity index (χ0n) is 11.5. The molecule has 1 aromatic heterocycles. The molecule has 0 fully saturated rings. The summed E-state index contributed by atoms with van der Waals surface area (Å²) in [6, 6.07) is 4.17. The van der Waals surface area contributed by atoms with Crippen molar-refractivity contribution in [1.29, 1.82) is 0 Å². The Morgan fingerprint density at radius 1 is 1.29 bits per heavy atom. The molecule has 114 valence electrons. The van der Waals surface area contributed by atoms with Crippen LogP contribution in [0.4, 0.5) is 13.2 Å². The number of hydrogen-bond acceptors (Lipinski definition) is 2. The van der Waals surface area contributed by atoms with Gasteiger partial charge in [-0.05, 0) is 31.5 Å². The van der Waals surface area contributed by atoms with Gasteiger partial charge in [-0.25, -0.2) is 0 Å². The van der Waals surface area contributed by atoms with E-state index in [2.05, 4.69) is 5.10 Å². The molecule has 0 spiro atoms. The lowest BCUT2D eigenvalue weighted by atomic mass is 10.0. The van der Waals surface area contributed by atoms with Crippen molar-refractivity contribution < 1.29 is 13.2 Å². The summed E-state index contributed by atoms with van der Waals surface area (Å²) >= 11 is 6.08. The Morgan fingerprint density at radius 3 is 2.52 bits per heavy atom. The third-order valence-electron chi connectivity index (χ3n) is 3.14. The highest BCUT2D eigenvalue weighted by atomic mass is 35.5. The quantitative estimate of drug-likeness (QED) is 0.922. The average molecular weight is 318 g/mol. The van der Waals surface area contributed by atoms with Crippen molar-refractivity contribution in [1.82, 2.24) is 9.78 Å². The lowest BCUT2D eigenvalue weighted by molar-refractivity contribution is -0.137. The van der Waals surface area contributed by atoms with Crippen LogP contribution in [-0.2, 0) is 6.18 Å². The minimum absolute atomic E-state index is 0.00403. The minimum atomic E-state index is -4.40. The maximum absolute atomic E-state index is 12.8. The smallest absolute Gasteiger partial charge is 0.319 e. The molecule has 3 nitrogen and oxygen atoms in total. The van der Waals surface area contributed by atoms with Crippen LogP contribution in [0, 0.1) is 0 Å². The molecule has 7 heteroatoms. The van der Waals surface area contributed by atoms with Crippen LogP contribution in [0.2, 0.25) is 5.02 Å². The summed E-state index contributed by atoms with van der Waals surface area (Å²) in [5.74, 6) is 0. The van der Waals surface area contributed by atoms with Crippen molar-refractivity contribution in [2.75, 3.05) is 0 Å². The summed E-state index contributed by atoms with van der Waals surface area (Å²) in [5.41, 5.74) is 6.21. The summed E-state index contributed by atoms with van der Waals surface area (Å²) in [7, 11) is 0. The first-order valence-electron chi connectivity index (χ1n) is 6.37. The molecule has 1 aromatic carbocycles. The molecule has 0 bridgehead atoms. The molecule has 21 heavy (non-hydrogen) atoms. The van der Waals surface area contributed by atoms with Gasteiger partial charge in [0.25, 0.3) is 0 Å². The van der Waals surface area contributed by atoms with Gasteiger partial charge in [0.2, 0.25) is 0 Å². The number of rotatable bonds is 3. The maximum atomic E-state index is 12.8. The van der Waals surface area contributed by atoms with Crippen molar-refractivity contribution in [3.63, 3.8) is 0 Å². The largest absolute Gasteiger partial charge is 0.416 e. The number of aromatic nitrogens is 2. The molecule has 0 saturated heterocycles. The molecule has 0 aliphatic carbocycles. The molecular formula is C14H15ClF3N3. The summed E-state index contributed by atoms with van der Waals surface area (Å²) in [6.45, 7) is 3.79. The van der Waals surface area contributed by atoms with Gasteiger partial charge in [-0.1, -0.05) is 23.7 Å². The van der Waals surface area contributed by atoms with Gasteiger partial charge in [0, 0.05) is 6.04 Å². The number of benzene rings is 1. The maximum Gasteiger partial charge on any atom is 0.416 e. The second-order valence-corrected chi connectivity index (χ2v) is 5.42. The SMILES string of the molecule is CC(C)n1ncc(Cl)c1C(N)c1cccc(C(F)(F)F)c1. The van der Waals surface area contributed by atoms with E-state index in [-0.39, 0.29) is 6.04 Å². The van der Waals surface area contributed by atoms with Crippen LogP contribution in [0.25, 0.3) is 0 Å². The first-order valence-corrected chi connectivity index (χ1v) is 6.75. The van der Waals surface area contributed by atoms with Crippen LogP contribution in [0.3, 0.4) is 0 Å². The van der Waals surface area contributed by atoms with E-state index in [4.69, 9.17) is 17.3 Å². The zero-order valence-corrected chi connectivity index (χ0v) is 12.3. The normalized spacial score (nSPS) is 13.7. The van der Waals surface area contributed by atoms with Crippen LogP contribution in [0.5, 0.6) is 0 Å². The first-order chi connectivity index (χ1) is 9.71. The fourth-order valence-electron chi connectivity index (χ4n) is 2.12. The Balaban J connectivity index is 2.46.